The molecule has 0 spiro atoms. The first-order valence-electron chi connectivity index (χ1n) is 5.43. The molecule has 2 unspecified atom stereocenters. The Morgan fingerprint density at radius 1 is 1.24 bits per heavy atom. The van der Waals surface area contributed by atoms with Gasteiger partial charge in [0.2, 0.25) is 5.91 Å². The van der Waals surface area contributed by atoms with E-state index in [9.17, 15) is 4.79 Å². The number of nitrogens with one attached hydrogen (secondary N) is 1. The van der Waals surface area contributed by atoms with E-state index in [1.165, 1.54) is 0 Å². The van der Waals surface area contributed by atoms with Gasteiger partial charge >= 0.3 is 0 Å². The fraction of sp³-hybridized carbons (Fsp3) is 0.889. The van der Waals surface area contributed by atoms with E-state index in [-0.39, 0.29) is 5.91 Å². The number of halogens is 1. The van der Waals surface area contributed by atoms with Crippen molar-refractivity contribution in [3.63, 3.8) is 0 Å². The summed E-state index contributed by atoms with van der Waals surface area (Å²) >= 11 is 9.05. The van der Waals surface area contributed by atoms with Gasteiger partial charge in [0.25, 0.3) is 0 Å². The van der Waals surface area contributed by atoms with Gasteiger partial charge in [-0.25, -0.2) is 0 Å². The lowest BCUT2D eigenvalue weighted by Gasteiger charge is -2.20. The van der Waals surface area contributed by atoms with E-state index in [0.29, 0.717) is 12.4 Å². The van der Waals surface area contributed by atoms with E-state index >= 15 is 0 Å². The maximum atomic E-state index is 11.6. The molecule has 0 saturated heterocycles. The molecule has 0 aliphatic carbocycles. The smallest absolute Gasteiger partial charge is 0.234 e. The van der Waals surface area contributed by atoms with Crippen molar-refractivity contribution in [2.24, 2.45) is 0 Å². The van der Waals surface area contributed by atoms with Crippen LogP contribution in [0.3, 0.4) is 0 Å². The van der Waals surface area contributed by atoms with Crippen molar-refractivity contribution in [1.29, 1.82) is 0 Å². The van der Waals surface area contributed by atoms with Crippen LogP contribution in [0.4, 0.5) is 0 Å². The third-order valence-corrected chi connectivity index (χ3v) is 4.58. The third kappa shape index (κ3) is 12.1. The lowest BCUT2D eigenvalue weighted by Crippen LogP contribution is -2.39. The number of hydrogen-bond acceptors (Lipinski definition) is 4. The van der Waals surface area contributed by atoms with Crippen LogP contribution in [-0.2, 0) is 4.79 Å². The number of amides is 1. The van der Waals surface area contributed by atoms with Gasteiger partial charge in [-0.1, -0.05) is 16.9 Å². The summed E-state index contributed by atoms with van der Waals surface area (Å²) in [6, 6.07) is 0. The van der Waals surface area contributed by atoms with Gasteiger partial charge < -0.3 is 5.32 Å². The highest BCUT2D eigenvalue weighted by atomic mass is 35.5. The maximum absolute atomic E-state index is 11.6. The Balaban J connectivity index is 3.81. The van der Waals surface area contributed by atoms with Gasteiger partial charge in [0, 0.05) is 30.5 Å². The predicted molar refractivity (Wildman–Crippen MR) is 89.1 cm³/mol. The van der Waals surface area contributed by atoms with Gasteiger partial charge in [-0.05, 0) is 13.0 Å². The van der Waals surface area contributed by atoms with Crippen molar-refractivity contribution in [3.05, 3.63) is 0 Å². The normalized spacial score (nSPS) is 10.8. The summed E-state index contributed by atoms with van der Waals surface area (Å²) in [4.78, 5) is 13.8. The Morgan fingerprint density at radius 2 is 1.94 bits per heavy atom. The van der Waals surface area contributed by atoms with Gasteiger partial charge in [-0.2, -0.15) is 0 Å². The molecule has 8 heteroatoms. The summed E-state index contributed by atoms with van der Waals surface area (Å²) < 4.78 is 0. The zero-order valence-electron chi connectivity index (χ0n) is 9.86. The zero-order chi connectivity index (χ0) is 12.9. The lowest BCUT2D eigenvalue weighted by atomic mass is 10.4. The van der Waals surface area contributed by atoms with E-state index in [2.05, 4.69) is 27.1 Å². The number of hydrogen-bond donors (Lipinski definition) is 1. The third-order valence-electron chi connectivity index (χ3n) is 2.04. The second kappa shape index (κ2) is 13.7. The highest BCUT2D eigenvalue weighted by Crippen LogP contribution is 2.10. The summed E-state index contributed by atoms with van der Waals surface area (Å²) in [5, 5.41) is 2.91. The average molecular weight is 335 g/mol. The van der Waals surface area contributed by atoms with E-state index < -0.39 is 0 Å². The van der Waals surface area contributed by atoms with Crippen LogP contribution in [0.5, 0.6) is 0 Å². The van der Waals surface area contributed by atoms with Crippen molar-refractivity contribution in [1.82, 2.24) is 10.2 Å². The minimum Gasteiger partial charge on any atom is -0.354 e. The molecule has 0 aliphatic heterocycles. The molecule has 0 aliphatic rings. The highest BCUT2D eigenvalue weighted by molar-refractivity contribution is 8.44. The minimum atomic E-state index is 0.104. The number of alkyl halides is 1. The summed E-state index contributed by atoms with van der Waals surface area (Å²) in [6.07, 6.45) is 0.928. The number of carbonyl (C=O) groups excluding carboxylic acids is 1. The monoisotopic (exact) mass is 334 g/mol. The van der Waals surface area contributed by atoms with Crippen molar-refractivity contribution in [2.45, 2.75) is 6.42 Å². The number of nitrogens with zero attached hydrogens (tertiary/aromatic N) is 1. The molecule has 3 nitrogen and oxygen atoms in total. The molecule has 17 heavy (non-hydrogen) atoms. The molecule has 0 aromatic rings. The molecule has 0 heterocycles. The van der Waals surface area contributed by atoms with Gasteiger partial charge in [-0.3, -0.25) is 9.69 Å². The summed E-state index contributed by atoms with van der Waals surface area (Å²) in [5.41, 5.74) is 0. The van der Waals surface area contributed by atoms with Gasteiger partial charge in [-0.15, -0.1) is 34.4 Å². The Kier molecular flexibility index (Phi) is 14.7. The molecule has 0 aromatic carbocycles. The van der Waals surface area contributed by atoms with Crippen LogP contribution in [0.1, 0.15) is 6.42 Å². The minimum absolute atomic E-state index is 0.104. The van der Waals surface area contributed by atoms with Crippen molar-refractivity contribution in [2.75, 3.05) is 43.6 Å². The second-order valence-electron chi connectivity index (χ2n) is 3.41. The maximum Gasteiger partial charge on any atom is 0.234 e. The van der Waals surface area contributed by atoms with Crippen LogP contribution in [0.15, 0.2) is 0 Å². The highest BCUT2D eigenvalue weighted by Gasteiger charge is 2.09. The molecule has 0 saturated carbocycles. The molecule has 102 valence electrons. The topological polar surface area (TPSA) is 32.3 Å². The summed E-state index contributed by atoms with van der Waals surface area (Å²) in [6.45, 7) is 3.02. The van der Waals surface area contributed by atoms with Gasteiger partial charge in [0.15, 0.2) is 0 Å². The molecule has 2 atom stereocenters. The fourth-order valence-electron chi connectivity index (χ4n) is 1.24. The SMILES string of the molecule is O=C(CN(CCCCl)CCSP)NCCSP. The lowest BCUT2D eigenvalue weighted by molar-refractivity contribution is -0.122. The van der Waals surface area contributed by atoms with Crippen molar-refractivity contribution in [3.8, 4) is 0 Å². The van der Waals surface area contributed by atoms with Crippen LogP contribution in [0, 0.1) is 0 Å². The zero-order valence-corrected chi connectivity index (χ0v) is 14.6. The van der Waals surface area contributed by atoms with E-state index in [1.807, 2.05) is 0 Å². The van der Waals surface area contributed by atoms with Crippen molar-refractivity contribution >= 4 is 57.2 Å². The summed E-state index contributed by atoms with van der Waals surface area (Å²) in [5.74, 6) is 2.70. The van der Waals surface area contributed by atoms with Crippen LogP contribution in [-0.4, -0.2) is 54.4 Å². The molecule has 0 aromatic heterocycles. The molecule has 0 fully saturated rings. The second-order valence-corrected chi connectivity index (χ2v) is 7.27. The van der Waals surface area contributed by atoms with Gasteiger partial charge in [0.1, 0.15) is 0 Å². The summed E-state index contributed by atoms with van der Waals surface area (Å²) in [7, 11) is 5.21. The average Bonchev–Trinajstić information content (AvgIpc) is 2.33. The Morgan fingerprint density at radius 3 is 2.53 bits per heavy atom. The molecule has 0 radical (unpaired) electrons. The molecular formula is C9H21ClN2OP2S2. The van der Waals surface area contributed by atoms with Crippen molar-refractivity contribution < 1.29 is 4.79 Å². The van der Waals surface area contributed by atoms with Gasteiger partial charge in [0.05, 0.1) is 6.54 Å². The first-order valence-corrected chi connectivity index (χ1v) is 10.9. The molecule has 0 bridgehead atoms. The molecular weight excluding hydrogens is 314 g/mol. The first kappa shape index (κ1) is 18.3. The van der Waals surface area contributed by atoms with E-state index in [0.717, 1.165) is 37.6 Å². The molecule has 0 rings (SSSR count). The predicted octanol–water partition coefficient (Wildman–Crippen LogP) is 2.08. The fourth-order valence-corrected chi connectivity index (χ4v) is 2.62. The van der Waals surface area contributed by atoms with Crippen LogP contribution in [0.2, 0.25) is 0 Å². The quantitative estimate of drug-likeness (QED) is 0.356. The van der Waals surface area contributed by atoms with Crippen LogP contribution in [0.25, 0.3) is 0 Å². The van der Waals surface area contributed by atoms with Crippen LogP contribution >= 0.6 is 51.2 Å². The van der Waals surface area contributed by atoms with Crippen LogP contribution < -0.4 is 5.32 Å². The number of carbonyl (C=O) groups is 1. The Hall–Kier alpha value is 1.28. The van der Waals surface area contributed by atoms with E-state index in [1.54, 1.807) is 22.8 Å². The molecule has 1 N–H and O–H groups in total. The van der Waals surface area contributed by atoms with E-state index in [4.69, 9.17) is 11.6 Å². The number of rotatable bonds is 11. The Labute approximate surface area is 122 Å². The standard InChI is InChI=1S/C9H21ClN2OP2S2/c10-2-1-4-12(5-7-17-15)8-9(13)11-3-6-16-14/h1-8,14-15H2,(H,11,13). The Bertz CT molecular complexity index is 196. The molecule has 1 amide bonds. The largest absolute Gasteiger partial charge is 0.354 e. The first-order chi connectivity index (χ1) is 8.24.